The number of quaternary nitrogens is 1. The van der Waals surface area contributed by atoms with E-state index in [1.165, 1.54) is 193 Å². The van der Waals surface area contributed by atoms with Crippen LogP contribution in [0.3, 0.4) is 0 Å². The molecule has 0 heterocycles. The zero-order chi connectivity index (χ0) is 58.6. The molecule has 0 saturated carbocycles. The van der Waals surface area contributed by atoms with Gasteiger partial charge >= 0.3 is 13.8 Å². The number of rotatable bonds is 61. The second kappa shape index (κ2) is 59.6. The maximum atomic E-state index is 13.5. The van der Waals surface area contributed by atoms with Gasteiger partial charge in [0, 0.05) is 12.8 Å². The number of carbonyl (C=O) groups excluding carboxylic acids is 2. The average Bonchev–Trinajstić information content (AvgIpc) is 3.43. The van der Waals surface area contributed by atoms with Crippen LogP contribution in [0.4, 0.5) is 0 Å². The highest BCUT2D eigenvalue weighted by molar-refractivity contribution is 7.47. The van der Waals surface area contributed by atoms with Crippen molar-refractivity contribution in [2.24, 2.45) is 0 Å². The van der Waals surface area contributed by atoms with Crippen molar-refractivity contribution in [3.8, 4) is 0 Å². The van der Waals surface area contributed by atoms with Crippen LogP contribution in [0.5, 0.6) is 0 Å². The molecule has 2 N–H and O–H groups in total. The molecule has 0 aromatic heterocycles. The molecule has 3 atom stereocenters. The minimum absolute atomic E-state index is 0.0339. The van der Waals surface area contributed by atoms with Crippen molar-refractivity contribution in [1.29, 1.82) is 0 Å². The average molecular weight is 1140 g/mol. The third-order valence-corrected chi connectivity index (χ3v) is 15.9. The highest BCUT2D eigenvalue weighted by Crippen LogP contribution is 2.43. The van der Waals surface area contributed by atoms with Crippen molar-refractivity contribution >= 4 is 19.7 Å². The van der Waals surface area contributed by atoms with Crippen LogP contribution in [0.15, 0.2) is 72.9 Å². The van der Waals surface area contributed by atoms with Gasteiger partial charge in [-0.25, -0.2) is 4.57 Å². The molecule has 0 fully saturated rings. The van der Waals surface area contributed by atoms with E-state index in [0.717, 1.165) is 77.0 Å². The predicted octanol–water partition coefficient (Wildman–Crippen LogP) is 21.2. The van der Waals surface area contributed by atoms with Crippen LogP contribution in [0.2, 0.25) is 0 Å². The van der Waals surface area contributed by atoms with Gasteiger partial charge in [0.25, 0.3) is 0 Å². The number of hydrogen-bond acceptors (Lipinski definition) is 6. The Morgan fingerprint density at radius 1 is 0.450 bits per heavy atom. The largest absolute Gasteiger partial charge is 0.472 e. The van der Waals surface area contributed by atoms with E-state index < -0.39 is 20.0 Å². The van der Waals surface area contributed by atoms with Crippen molar-refractivity contribution in [3.63, 3.8) is 0 Å². The summed E-state index contributed by atoms with van der Waals surface area (Å²) in [5.74, 6) is -0.531. The third kappa shape index (κ3) is 60.1. The molecule has 0 saturated heterocycles. The van der Waals surface area contributed by atoms with Crippen LogP contribution in [-0.2, 0) is 27.9 Å². The van der Waals surface area contributed by atoms with Crippen LogP contribution < -0.4 is 5.32 Å². The number of nitrogens with zero attached hydrogens (tertiary/aromatic N) is 1. The monoisotopic (exact) mass is 1140 g/mol. The van der Waals surface area contributed by atoms with E-state index in [1.54, 1.807) is 0 Å². The fourth-order valence-electron chi connectivity index (χ4n) is 9.65. The van der Waals surface area contributed by atoms with E-state index >= 15 is 0 Å². The molecule has 0 radical (unpaired) electrons. The summed E-state index contributed by atoms with van der Waals surface area (Å²) in [5.41, 5.74) is 0. The Morgan fingerprint density at radius 3 is 1.25 bits per heavy atom. The lowest BCUT2D eigenvalue weighted by atomic mass is 10.0. The minimum Gasteiger partial charge on any atom is -0.456 e. The molecule has 0 aromatic rings. The standard InChI is InChI=1S/C70H129N2O7P/c1-7-10-13-16-19-22-25-27-29-31-32-33-34-35-36-37-38-39-40-41-43-45-48-51-54-57-60-63-70(74)79-68(61-58-55-52-49-46-24-21-18-15-12-9-3)67(66-78-80(75,76)77-65-64-72(4,5)6)71-69(73)62-59-56-53-50-47-44-42-30-28-26-23-20-17-14-11-8-2/h19,22,27,29-30,32-33,42,44,47,58,61,67-68H,7-18,20-21,23-26,28,31,34-41,43,45-46,48-57,59-60,62-66H2,1-6H3,(H-,71,73,75,76)/p+1/b22-19-,29-27-,33-32-,42-30+,47-44+,61-58-. The lowest BCUT2D eigenvalue weighted by Gasteiger charge is -2.27. The number of phosphoric acid groups is 1. The molecule has 0 aliphatic rings. The van der Waals surface area contributed by atoms with Crippen molar-refractivity contribution in [2.75, 3.05) is 40.9 Å². The summed E-state index contributed by atoms with van der Waals surface area (Å²) >= 11 is 0. The van der Waals surface area contributed by atoms with Crippen molar-refractivity contribution in [3.05, 3.63) is 72.9 Å². The van der Waals surface area contributed by atoms with E-state index in [4.69, 9.17) is 13.8 Å². The Bertz CT molecular complexity index is 1600. The Balaban J connectivity index is 5.04. The summed E-state index contributed by atoms with van der Waals surface area (Å²) in [6, 6.07) is -0.864. The molecule has 3 unspecified atom stereocenters. The van der Waals surface area contributed by atoms with Crippen molar-refractivity contribution in [2.45, 2.75) is 322 Å². The zero-order valence-electron chi connectivity index (χ0n) is 53.3. The normalized spacial score (nSPS) is 14.0. The minimum atomic E-state index is -4.46. The predicted molar refractivity (Wildman–Crippen MR) is 346 cm³/mol. The van der Waals surface area contributed by atoms with E-state index in [9.17, 15) is 19.0 Å². The van der Waals surface area contributed by atoms with E-state index in [1.807, 2.05) is 33.3 Å². The maximum Gasteiger partial charge on any atom is 0.472 e. The van der Waals surface area contributed by atoms with Gasteiger partial charge in [0.1, 0.15) is 19.3 Å². The first-order valence-corrected chi connectivity index (χ1v) is 35.3. The number of likely N-dealkylation sites (N-methyl/N-ethyl adjacent to an activating group) is 1. The summed E-state index contributed by atoms with van der Waals surface area (Å²) in [5, 5.41) is 3.04. The molecule has 0 aliphatic carbocycles. The van der Waals surface area contributed by atoms with Crippen molar-refractivity contribution in [1.82, 2.24) is 5.32 Å². The summed E-state index contributed by atoms with van der Waals surface area (Å²) in [7, 11) is 1.48. The summed E-state index contributed by atoms with van der Waals surface area (Å²) in [6.45, 7) is 6.97. The van der Waals surface area contributed by atoms with Crippen LogP contribution in [0, 0.1) is 0 Å². The second-order valence-corrected chi connectivity index (χ2v) is 25.5. The SMILES string of the molecule is CCCCC/C=C\C/C=C\C/C=C\CCCCCCCCCCCCCCCCC(=O)OC(/C=C\CCCCCCCCCCC)C(COP(=O)(O)OCC[N+](C)(C)C)NC(=O)CCCCC/C=C/C=C/CCCCCCCCC. The number of hydrogen-bond donors (Lipinski definition) is 2. The molecular weight excluding hydrogens is 1010 g/mol. The number of carbonyl (C=O) groups is 2. The van der Waals surface area contributed by atoms with Gasteiger partial charge in [-0.3, -0.25) is 18.6 Å². The van der Waals surface area contributed by atoms with Crippen molar-refractivity contribution < 1.29 is 37.3 Å². The number of amides is 1. The van der Waals surface area contributed by atoms with E-state index in [0.29, 0.717) is 23.9 Å². The molecule has 10 heteroatoms. The maximum absolute atomic E-state index is 13.5. The van der Waals surface area contributed by atoms with Gasteiger partial charge in [-0.2, -0.15) is 0 Å². The van der Waals surface area contributed by atoms with E-state index in [-0.39, 0.29) is 31.5 Å². The Labute approximate surface area is 495 Å². The van der Waals surface area contributed by atoms with Gasteiger partial charge in [-0.15, -0.1) is 0 Å². The molecule has 0 rings (SSSR count). The fourth-order valence-corrected chi connectivity index (χ4v) is 10.4. The Hall–Kier alpha value is -2.55. The first kappa shape index (κ1) is 77.5. The molecule has 466 valence electrons. The van der Waals surface area contributed by atoms with Gasteiger partial charge in [-0.1, -0.05) is 274 Å². The van der Waals surface area contributed by atoms with Crippen LogP contribution in [-0.4, -0.2) is 74.3 Å². The van der Waals surface area contributed by atoms with Gasteiger partial charge in [-0.05, 0) is 96.0 Å². The number of phosphoric ester groups is 1. The molecule has 0 aromatic carbocycles. The van der Waals surface area contributed by atoms with Gasteiger partial charge < -0.3 is 19.4 Å². The first-order valence-electron chi connectivity index (χ1n) is 33.8. The number of esters is 1. The summed E-state index contributed by atoms with van der Waals surface area (Å²) < 4.78 is 30.7. The van der Waals surface area contributed by atoms with Crippen LogP contribution in [0.1, 0.15) is 310 Å². The third-order valence-electron chi connectivity index (χ3n) is 14.9. The molecular formula is C70H130N2O7P+. The molecule has 0 aliphatic heterocycles. The molecule has 0 spiro atoms. The number of unbranched alkanes of at least 4 members (excludes halogenated alkanes) is 36. The molecule has 9 nitrogen and oxygen atoms in total. The summed E-state index contributed by atoms with van der Waals surface area (Å²) in [6.07, 6.45) is 77.7. The fraction of sp³-hybridized carbons (Fsp3) is 0.800. The number of ether oxygens (including phenoxy) is 1. The summed E-state index contributed by atoms with van der Waals surface area (Å²) in [4.78, 5) is 37.7. The lowest BCUT2D eigenvalue weighted by Crippen LogP contribution is -2.47. The molecule has 0 bridgehead atoms. The van der Waals surface area contributed by atoms with Gasteiger partial charge in [0.2, 0.25) is 5.91 Å². The number of nitrogens with one attached hydrogen (secondary N) is 1. The van der Waals surface area contributed by atoms with Gasteiger partial charge in [0.15, 0.2) is 0 Å². The van der Waals surface area contributed by atoms with Gasteiger partial charge in [0.05, 0.1) is 33.8 Å². The smallest absolute Gasteiger partial charge is 0.456 e. The second-order valence-electron chi connectivity index (χ2n) is 24.0. The quantitative estimate of drug-likeness (QED) is 0.0156. The Morgan fingerprint density at radius 2 is 0.800 bits per heavy atom. The lowest BCUT2D eigenvalue weighted by molar-refractivity contribution is -0.870. The first-order chi connectivity index (χ1) is 38.9. The number of allylic oxidation sites excluding steroid dienone is 11. The van der Waals surface area contributed by atoms with Crippen LogP contribution in [0.25, 0.3) is 0 Å². The highest BCUT2D eigenvalue weighted by Gasteiger charge is 2.30. The Kier molecular flexibility index (Phi) is 57.7. The zero-order valence-corrected chi connectivity index (χ0v) is 54.2. The topological polar surface area (TPSA) is 111 Å². The molecule has 80 heavy (non-hydrogen) atoms. The van der Waals surface area contributed by atoms with E-state index in [2.05, 4.69) is 86.8 Å². The van der Waals surface area contributed by atoms with Crippen LogP contribution >= 0.6 is 7.82 Å². The highest BCUT2D eigenvalue weighted by atomic mass is 31.2. The molecule has 1 amide bonds.